The summed E-state index contributed by atoms with van der Waals surface area (Å²) in [5, 5.41) is 2.97. The number of aromatic nitrogens is 3. The Labute approximate surface area is 193 Å². The zero-order valence-electron chi connectivity index (χ0n) is 18.9. The molecule has 1 amide bonds. The van der Waals surface area contributed by atoms with E-state index in [2.05, 4.69) is 28.3 Å². The zero-order chi connectivity index (χ0) is 23.2. The van der Waals surface area contributed by atoms with Gasteiger partial charge in [0.05, 0.1) is 30.3 Å². The van der Waals surface area contributed by atoms with Crippen LogP contribution in [0.2, 0.25) is 0 Å². The largest absolute Gasteiger partial charge is 0.497 e. The van der Waals surface area contributed by atoms with Crippen LogP contribution >= 0.6 is 0 Å². The predicted octanol–water partition coefficient (Wildman–Crippen LogP) is 5.45. The summed E-state index contributed by atoms with van der Waals surface area (Å²) in [4.78, 5) is 25.9. The van der Waals surface area contributed by atoms with Crippen LogP contribution in [-0.2, 0) is 6.42 Å². The van der Waals surface area contributed by atoms with Crippen molar-refractivity contribution >= 4 is 11.6 Å². The van der Waals surface area contributed by atoms with Gasteiger partial charge in [-0.15, -0.1) is 0 Å². The second-order valence-corrected chi connectivity index (χ2v) is 8.06. The molecular weight excluding hydrogens is 412 g/mol. The normalized spacial score (nSPS) is 11.6. The summed E-state index contributed by atoms with van der Waals surface area (Å²) in [6.45, 7) is 4.06. The lowest BCUT2D eigenvalue weighted by Crippen LogP contribution is -2.12. The smallest absolute Gasteiger partial charge is 0.257 e. The summed E-state index contributed by atoms with van der Waals surface area (Å²) in [6, 6.07) is 17.5. The Morgan fingerprint density at radius 1 is 1.00 bits per heavy atom. The van der Waals surface area contributed by atoms with Crippen LogP contribution in [0.25, 0.3) is 11.3 Å². The molecule has 0 aliphatic rings. The third-order valence-electron chi connectivity index (χ3n) is 5.42. The van der Waals surface area contributed by atoms with Crippen LogP contribution in [0.5, 0.6) is 5.75 Å². The van der Waals surface area contributed by atoms with Gasteiger partial charge in [-0.1, -0.05) is 31.2 Å². The van der Waals surface area contributed by atoms with Crippen LogP contribution in [-0.4, -0.2) is 28.0 Å². The molecule has 0 unspecified atom stereocenters. The molecule has 0 aliphatic carbocycles. The quantitative estimate of drug-likeness (QED) is 0.415. The molecule has 2 aromatic heterocycles. The average molecular weight is 439 g/mol. The Bertz CT molecular complexity index is 1270. The first-order valence-electron chi connectivity index (χ1n) is 10.8. The number of carbonyl (C=O) groups is 1. The van der Waals surface area contributed by atoms with Crippen molar-refractivity contribution in [2.75, 3.05) is 12.4 Å². The zero-order valence-corrected chi connectivity index (χ0v) is 18.9. The van der Waals surface area contributed by atoms with Gasteiger partial charge in [-0.05, 0) is 60.7 Å². The van der Waals surface area contributed by atoms with E-state index >= 15 is 0 Å². The first kappa shape index (κ1) is 22.1. The second-order valence-electron chi connectivity index (χ2n) is 8.06. The lowest BCUT2D eigenvalue weighted by molar-refractivity contribution is 0.102. The predicted molar refractivity (Wildman–Crippen MR) is 130 cm³/mol. The average Bonchev–Trinajstić information content (AvgIpc) is 2.84. The SMILES string of the molecule is COc1cccc(-c2cncc(C[C@@H](C)c3cccc(NC(=O)c4cncc(C)c4)c3)n2)c1. The molecule has 4 aromatic rings. The molecular formula is C27H26N4O2. The van der Waals surface area contributed by atoms with Gasteiger partial charge in [0.1, 0.15) is 5.75 Å². The summed E-state index contributed by atoms with van der Waals surface area (Å²) in [6.07, 6.45) is 7.59. The van der Waals surface area contributed by atoms with E-state index in [-0.39, 0.29) is 11.8 Å². The first-order chi connectivity index (χ1) is 16.0. The van der Waals surface area contributed by atoms with Crippen molar-refractivity contribution in [3.63, 3.8) is 0 Å². The molecule has 0 spiro atoms. The number of methoxy groups -OCH3 is 1. The topological polar surface area (TPSA) is 77.0 Å². The van der Waals surface area contributed by atoms with E-state index in [1.807, 2.05) is 55.5 Å². The molecule has 1 N–H and O–H groups in total. The van der Waals surface area contributed by atoms with Gasteiger partial charge in [-0.2, -0.15) is 0 Å². The molecule has 0 radical (unpaired) electrons. The number of carbonyl (C=O) groups excluding carboxylic acids is 1. The molecule has 2 aromatic carbocycles. The fourth-order valence-corrected chi connectivity index (χ4v) is 3.66. The Morgan fingerprint density at radius 3 is 2.64 bits per heavy atom. The summed E-state index contributed by atoms with van der Waals surface area (Å²) in [7, 11) is 1.65. The number of rotatable bonds is 7. The number of aryl methyl sites for hydroxylation is 1. The van der Waals surface area contributed by atoms with Gasteiger partial charge in [-0.3, -0.25) is 14.8 Å². The summed E-state index contributed by atoms with van der Waals surface area (Å²) < 4.78 is 5.32. The highest BCUT2D eigenvalue weighted by molar-refractivity contribution is 6.04. The van der Waals surface area contributed by atoms with E-state index in [0.29, 0.717) is 5.56 Å². The minimum atomic E-state index is -0.173. The van der Waals surface area contributed by atoms with E-state index < -0.39 is 0 Å². The van der Waals surface area contributed by atoms with Crippen LogP contribution in [0.3, 0.4) is 0 Å². The number of nitrogens with one attached hydrogen (secondary N) is 1. The Kier molecular flexibility index (Phi) is 6.74. The summed E-state index contributed by atoms with van der Waals surface area (Å²) in [5.74, 6) is 0.804. The lowest BCUT2D eigenvalue weighted by Gasteiger charge is -2.14. The standard InChI is InChI=1S/C27H26N4O2/c1-18-10-22(15-28-14-18)27(32)31-23-8-4-6-20(12-23)19(2)11-24-16-29-17-26(30-24)21-7-5-9-25(13-21)33-3/h4-10,12-17,19H,11H2,1-3H3,(H,31,32)/t19-/m1/s1. The molecule has 0 bridgehead atoms. The number of pyridine rings is 1. The lowest BCUT2D eigenvalue weighted by atomic mass is 9.96. The summed E-state index contributed by atoms with van der Waals surface area (Å²) >= 11 is 0. The number of hydrogen-bond acceptors (Lipinski definition) is 5. The van der Waals surface area contributed by atoms with Gasteiger partial charge in [0.2, 0.25) is 0 Å². The molecule has 0 saturated carbocycles. The van der Waals surface area contributed by atoms with E-state index in [0.717, 1.165) is 45.9 Å². The maximum Gasteiger partial charge on any atom is 0.257 e. The van der Waals surface area contributed by atoms with Gasteiger partial charge in [0.15, 0.2) is 0 Å². The first-order valence-corrected chi connectivity index (χ1v) is 10.8. The number of hydrogen-bond donors (Lipinski definition) is 1. The summed E-state index contributed by atoms with van der Waals surface area (Å²) in [5.41, 5.74) is 6.03. The highest BCUT2D eigenvalue weighted by Crippen LogP contribution is 2.25. The fraction of sp³-hybridized carbons (Fsp3) is 0.185. The molecule has 2 heterocycles. The number of anilines is 1. The van der Waals surface area contributed by atoms with Crippen molar-refractivity contribution in [1.29, 1.82) is 0 Å². The van der Waals surface area contributed by atoms with Crippen molar-refractivity contribution < 1.29 is 9.53 Å². The van der Waals surface area contributed by atoms with Crippen LogP contribution < -0.4 is 10.1 Å². The molecule has 6 nitrogen and oxygen atoms in total. The van der Waals surface area contributed by atoms with Gasteiger partial charge in [0.25, 0.3) is 5.91 Å². The van der Waals surface area contributed by atoms with Gasteiger partial charge >= 0.3 is 0 Å². The van der Waals surface area contributed by atoms with Crippen LogP contribution in [0.15, 0.2) is 79.4 Å². The van der Waals surface area contributed by atoms with Gasteiger partial charge in [-0.25, -0.2) is 4.98 Å². The van der Waals surface area contributed by atoms with Gasteiger partial charge < -0.3 is 10.1 Å². The van der Waals surface area contributed by atoms with E-state index in [4.69, 9.17) is 9.72 Å². The highest BCUT2D eigenvalue weighted by Gasteiger charge is 2.12. The van der Waals surface area contributed by atoms with Crippen LogP contribution in [0, 0.1) is 6.92 Å². The van der Waals surface area contributed by atoms with Crippen molar-refractivity contribution in [1.82, 2.24) is 15.0 Å². The Balaban J connectivity index is 1.48. The number of amides is 1. The number of benzene rings is 2. The van der Waals surface area contributed by atoms with Crippen molar-refractivity contribution in [3.05, 3.63) is 102 Å². The fourth-order valence-electron chi connectivity index (χ4n) is 3.66. The number of ether oxygens (including phenoxy) is 1. The minimum absolute atomic E-state index is 0.173. The molecule has 33 heavy (non-hydrogen) atoms. The van der Waals surface area contributed by atoms with Crippen molar-refractivity contribution in [3.8, 4) is 17.0 Å². The van der Waals surface area contributed by atoms with E-state index in [1.54, 1.807) is 31.9 Å². The number of nitrogens with zero attached hydrogens (tertiary/aromatic N) is 3. The monoisotopic (exact) mass is 438 g/mol. The molecule has 0 fully saturated rings. The maximum atomic E-state index is 12.6. The minimum Gasteiger partial charge on any atom is -0.497 e. The third-order valence-corrected chi connectivity index (χ3v) is 5.42. The van der Waals surface area contributed by atoms with Crippen LogP contribution in [0.4, 0.5) is 5.69 Å². The molecule has 1 atom stereocenters. The Morgan fingerprint density at radius 2 is 1.82 bits per heavy atom. The van der Waals surface area contributed by atoms with E-state index in [1.165, 1.54) is 0 Å². The van der Waals surface area contributed by atoms with Crippen molar-refractivity contribution in [2.45, 2.75) is 26.2 Å². The Hall–Kier alpha value is -4.06. The van der Waals surface area contributed by atoms with Gasteiger partial charge in [0, 0.05) is 29.8 Å². The van der Waals surface area contributed by atoms with Crippen LogP contribution in [0.1, 0.15) is 40.0 Å². The molecule has 0 saturated heterocycles. The molecule has 4 rings (SSSR count). The maximum absolute atomic E-state index is 12.6. The molecule has 0 aliphatic heterocycles. The van der Waals surface area contributed by atoms with Crippen molar-refractivity contribution in [2.24, 2.45) is 0 Å². The molecule has 166 valence electrons. The van der Waals surface area contributed by atoms with E-state index in [9.17, 15) is 4.79 Å². The highest BCUT2D eigenvalue weighted by atomic mass is 16.5. The third kappa shape index (κ3) is 5.60. The molecule has 6 heteroatoms. The second kappa shape index (κ2) is 10.0.